The first-order valence-corrected chi connectivity index (χ1v) is 15.7. The van der Waals surface area contributed by atoms with E-state index >= 15 is 0 Å². The lowest BCUT2D eigenvalue weighted by molar-refractivity contribution is -0.117. The third kappa shape index (κ3) is 7.50. The Labute approximate surface area is 270 Å². The average Bonchev–Trinajstić information content (AvgIpc) is 3.42. The average molecular weight is 645 g/mol. The number of fused-ring (bicyclic) bond motifs is 1. The number of anilines is 2. The first-order valence-electron chi connectivity index (χ1n) is 15.4. The summed E-state index contributed by atoms with van der Waals surface area (Å²) in [5.41, 5.74) is 10.3. The molecular weight excluding hydrogens is 610 g/mol. The zero-order valence-electron chi connectivity index (χ0n) is 25.1. The van der Waals surface area contributed by atoms with Crippen LogP contribution in [0.3, 0.4) is 0 Å². The normalized spacial score (nSPS) is 15.5. The van der Waals surface area contributed by atoms with E-state index in [1.165, 1.54) is 6.07 Å². The van der Waals surface area contributed by atoms with Crippen LogP contribution in [0.4, 0.5) is 20.4 Å². The molecule has 0 saturated carbocycles. The molecule has 1 amide bonds. The first kappa shape index (κ1) is 31.5. The second-order valence-electron chi connectivity index (χ2n) is 11.6. The second-order valence-corrected chi connectivity index (χ2v) is 12.0. The van der Waals surface area contributed by atoms with E-state index in [0.717, 1.165) is 43.6 Å². The summed E-state index contributed by atoms with van der Waals surface area (Å²) in [4.78, 5) is 26.9. The van der Waals surface area contributed by atoms with Crippen LogP contribution in [0.25, 0.3) is 22.6 Å². The molecule has 46 heavy (non-hydrogen) atoms. The van der Waals surface area contributed by atoms with Gasteiger partial charge in [0.25, 0.3) is 0 Å². The standard InChI is InChI=1S/C34H35ClF2N8O/c35-26-16-24(42-33(46)29(38)13-9-21-5-2-1-3-6-21)10-11-25(26)31-43-30-19-41-34(40-18-22-8-12-27(36)28(37)15-22)44-32(30)45(31)20-23-7-4-14-39-17-23/h1-3,5-6,8,10-12,15-16,19,23,29,39H,4,7,9,13-14,17-18,20,38H2,(H,42,46)(H,40,41,44)/t23-,29-/m1/s1. The largest absolute Gasteiger partial charge is 0.350 e. The van der Waals surface area contributed by atoms with Gasteiger partial charge in [-0.1, -0.05) is 48.0 Å². The lowest BCUT2D eigenvalue weighted by atomic mass is 9.99. The number of nitrogens with two attached hydrogens (primary N) is 1. The molecule has 0 unspecified atom stereocenters. The smallest absolute Gasteiger partial charge is 0.241 e. The minimum absolute atomic E-state index is 0.213. The molecule has 2 atom stereocenters. The molecule has 5 N–H and O–H groups in total. The Bertz CT molecular complexity index is 1830. The van der Waals surface area contributed by atoms with E-state index in [4.69, 9.17) is 27.3 Å². The Morgan fingerprint density at radius 3 is 2.67 bits per heavy atom. The van der Waals surface area contributed by atoms with Gasteiger partial charge in [0, 0.05) is 24.3 Å². The Hall–Kier alpha value is -4.45. The lowest BCUT2D eigenvalue weighted by Crippen LogP contribution is -2.36. The third-order valence-corrected chi connectivity index (χ3v) is 8.48. The fourth-order valence-corrected chi connectivity index (χ4v) is 5.92. The van der Waals surface area contributed by atoms with Crippen LogP contribution in [0, 0.1) is 17.6 Å². The number of imidazole rings is 1. The number of aryl methyl sites for hydroxylation is 1. The molecule has 3 heterocycles. The maximum Gasteiger partial charge on any atom is 0.241 e. The van der Waals surface area contributed by atoms with Gasteiger partial charge in [-0.2, -0.15) is 4.98 Å². The summed E-state index contributed by atoms with van der Waals surface area (Å²) in [6, 6.07) is 18.3. The van der Waals surface area contributed by atoms with Gasteiger partial charge in [-0.3, -0.25) is 4.79 Å². The molecule has 9 nitrogen and oxygen atoms in total. The van der Waals surface area contributed by atoms with Gasteiger partial charge in [0.2, 0.25) is 11.9 Å². The van der Waals surface area contributed by atoms with Gasteiger partial charge in [0.1, 0.15) is 11.3 Å². The monoisotopic (exact) mass is 644 g/mol. The molecule has 0 bridgehead atoms. The van der Waals surface area contributed by atoms with Gasteiger partial charge in [0.05, 0.1) is 17.3 Å². The van der Waals surface area contributed by atoms with Gasteiger partial charge in [-0.05, 0) is 86.1 Å². The number of aromatic nitrogens is 4. The number of nitrogens with zero attached hydrogens (tertiary/aromatic N) is 4. The fraction of sp³-hybridized carbons (Fsp3) is 0.294. The highest BCUT2D eigenvalue weighted by Gasteiger charge is 2.22. The van der Waals surface area contributed by atoms with Crippen molar-refractivity contribution in [3.8, 4) is 11.4 Å². The minimum atomic E-state index is -0.909. The fourth-order valence-electron chi connectivity index (χ4n) is 5.66. The summed E-state index contributed by atoms with van der Waals surface area (Å²) in [7, 11) is 0. The number of rotatable bonds is 11. The number of carbonyl (C=O) groups excluding carboxylic acids is 1. The van der Waals surface area contributed by atoms with Crippen LogP contribution >= 0.6 is 11.6 Å². The highest BCUT2D eigenvalue weighted by atomic mass is 35.5. The quantitative estimate of drug-likeness (QED) is 0.140. The number of hydrogen-bond acceptors (Lipinski definition) is 7. The van der Waals surface area contributed by atoms with Crippen molar-refractivity contribution in [1.82, 2.24) is 24.8 Å². The topological polar surface area (TPSA) is 123 Å². The number of benzene rings is 3. The molecule has 1 saturated heterocycles. The maximum atomic E-state index is 13.7. The third-order valence-electron chi connectivity index (χ3n) is 8.16. The van der Waals surface area contributed by atoms with Crippen molar-refractivity contribution in [2.45, 2.75) is 44.8 Å². The van der Waals surface area contributed by atoms with Crippen molar-refractivity contribution in [3.63, 3.8) is 0 Å². The predicted molar refractivity (Wildman–Crippen MR) is 176 cm³/mol. The molecule has 0 spiro atoms. The molecule has 1 fully saturated rings. The zero-order chi connectivity index (χ0) is 32.0. The molecule has 6 rings (SSSR count). The van der Waals surface area contributed by atoms with Crippen LogP contribution in [0.15, 0.2) is 72.9 Å². The summed E-state index contributed by atoms with van der Waals surface area (Å²) in [6.07, 6.45) is 4.98. The summed E-state index contributed by atoms with van der Waals surface area (Å²) in [6.45, 7) is 2.73. The minimum Gasteiger partial charge on any atom is -0.350 e. The molecule has 0 aliphatic carbocycles. The Balaban J connectivity index is 1.23. The van der Waals surface area contributed by atoms with Gasteiger partial charge >= 0.3 is 0 Å². The van der Waals surface area contributed by atoms with Crippen molar-refractivity contribution in [3.05, 3.63) is 101 Å². The molecule has 0 radical (unpaired) electrons. The van der Waals surface area contributed by atoms with Crippen molar-refractivity contribution in [2.75, 3.05) is 23.7 Å². The molecule has 1 aliphatic heterocycles. The molecule has 12 heteroatoms. The van der Waals surface area contributed by atoms with Crippen LogP contribution in [0.1, 0.15) is 30.4 Å². The van der Waals surface area contributed by atoms with E-state index in [-0.39, 0.29) is 12.5 Å². The predicted octanol–water partition coefficient (Wildman–Crippen LogP) is 5.94. The number of nitrogens with one attached hydrogen (secondary N) is 3. The van der Waals surface area contributed by atoms with E-state index < -0.39 is 17.7 Å². The van der Waals surface area contributed by atoms with Crippen molar-refractivity contribution in [2.24, 2.45) is 11.7 Å². The van der Waals surface area contributed by atoms with Gasteiger partial charge in [-0.25, -0.2) is 18.7 Å². The number of hydrogen-bond donors (Lipinski definition) is 4. The Kier molecular flexibility index (Phi) is 9.82. The van der Waals surface area contributed by atoms with Crippen LogP contribution in [0.5, 0.6) is 0 Å². The number of amides is 1. The van der Waals surface area contributed by atoms with Crippen molar-refractivity contribution >= 4 is 40.3 Å². The Morgan fingerprint density at radius 2 is 1.91 bits per heavy atom. The highest BCUT2D eigenvalue weighted by Crippen LogP contribution is 2.33. The SMILES string of the molecule is N[C@H](CCc1ccccc1)C(=O)Nc1ccc(-c2nc3cnc(NCc4ccc(F)c(F)c4)nc3n2C[C@@H]2CCCNC2)c(Cl)c1. The summed E-state index contributed by atoms with van der Waals surface area (Å²) in [5, 5.41) is 9.87. The lowest BCUT2D eigenvalue weighted by Gasteiger charge is -2.24. The molecular formula is C34H35ClF2N8O. The summed E-state index contributed by atoms with van der Waals surface area (Å²) in [5.74, 6) is -0.766. The molecule has 238 valence electrons. The van der Waals surface area contributed by atoms with E-state index in [1.807, 2.05) is 36.4 Å². The number of halogens is 3. The van der Waals surface area contributed by atoms with Crippen LogP contribution in [0.2, 0.25) is 5.02 Å². The summed E-state index contributed by atoms with van der Waals surface area (Å²) >= 11 is 6.83. The van der Waals surface area contributed by atoms with Crippen molar-refractivity contribution in [1.29, 1.82) is 0 Å². The number of carbonyl (C=O) groups is 1. The van der Waals surface area contributed by atoms with E-state index in [9.17, 15) is 13.6 Å². The van der Waals surface area contributed by atoms with Crippen LogP contribution in [-0.2, 0) is 24.3 Å². The van der Waals surface area contributed by atoms with E-state index in [1.54, 1.807) is 18.3 Å². The van der Waals surface area contributed by atoms with Crippen LogP contribution < -0.4 is 21.7 Å². The molecule has 1 aliphatic rings. The van der Waals surface area contributed by atoms with Gasteiger partial charge < -0.3 is 26.3 Å². The van der Waals surface area contributed by atoms with Crippen LogP contribution in [-0.4, -0.2) is 44.6 Å². The Morgan fingerprint density at radius 1 is 1.07 bits per heavy atom. The molecule has 5 aromatic rings. The van der Waals surface area contributed by atoms with Crippen molar-refractivity contribution < 1.29 is 13.6 Å². The van der Waals surface area contributed by atoms with Gasteiger partial charge in [-0.15, -0.1) is 0 Å². The number of piperidine rings is 1. The van der Waals surface area contributed by atoms with E-state index in [0.29, 0.717) is 70.1 Å². The first-order chi connectivity index (χ1) is 22.3. The highest BCUT2D eigenvalue weighted by molar-refractivity contribution is 6.33. The maximum absolute atomic E-state index is 13.7. The van der Waals surface area contributed by atoms with E-state index in [2.05, 4.69) is 25.5 Å². The summed E-state index contributed by atoms with van der Waals surface area (Å²) < 4.78 is 29.1. The molecule has 2 aromatic heterocycles. The van der Waals surface area contributed by atoms with Gasteiger partial charge in [0.15, 0.2) is 17.3 Å². The molecule has 3 aromatic carbocycles. The zero-order valence-corrected chi connectivity index (χ0v) is 25.9. The second kappa shape index (κ2) is 14.3.